The summed E-state index contributed by atoms with van der Waals surface area (Å²) in [6, 6.07) is 8.46. The number of ether oxygens (including phenoxy) is 2. The molecule has 1 aromatic heterocycles. The van der Waals surface area contributed by atoms with Crippen molar-refractivity contribution >= 4 is 11.7 Å². The van der Waals surface area contributed by atoms with Crippen molar-refractivity contribution in [2.45, 2.75) is 45.4 Å². The first-order valence-electron chi connectivity index (χ1n) is 8.86. The summed E-state index contributed by atoms with van der Waals surface area (Å²) < 4.78 is 11.8. The van der Waals surface area contributed by atoms with Gasteiger partial charge in [0.25, 0.3) is 0 Å². The lowest BCUT2D eigenvalue weighted by Crippen LogP contribution is -2.63. The highest BCUT2D eigenvalue weighted by molar-refractivity contribution is 5.89. The largest absolute Gasteiger partial charge is 0.492 e. The van der Waals surface area contributed by atoms with Crippen LogP contribution in [0.4, 0.5) is 5.82 Å². The van der Waals surface area contributed by atoms with Gasteiger partial charge in [0, 0.05) is 24.1 Å². The van der Waals surface area contributed by atoms with Crippen molar-refractivity contribution in [2.24, 2.45) is 0 Å². The van der Waals surface area contributed by atoms with Crippen LogP contribution < -0.4 is 20.1 Å². The number of rotatable bonds is 4. The minimum Gasteiger partial charge on any atom is -0.492 e. The second-order valence-corrected chi connectivity index (χ2v) is 7.45. The number of fused-ring (bicyclic) bond motifs is 3. The second kappa shape index (κ2) is 6.29. The van der Waals surface area contributed by atoms with Crippen LogP contribution >= 0.6 is 0 Å². The zero-order valence-corrected chi connectivity index (χ0v) is 15.3. The van der Waals surface area contributed by atoms with Gasteiger partial charge in [-0.15, -0.1) is 0 Å². The Balaban J connectivity index is 1.55. The van der Waals surface area contributed by atoms with Gasteiger partial charge in [-0.25, -0.2) is 4.98 Å². The van der Waals surface area contributed by atoms with E-state index in [-0.39, 0.29) is 11.4 Å². The van der Waals surface area contributed by atoms with Gasteiger partial charge in [-0.2, -0.15) is 0 Å². The Morgan fingerprint density at radius 1 is 1.42 bits per heavy atom. The third-order valence-corrected chi connectivity index (χ3v) is 4.83. The van der Waals surface area contributed by atoms with Crippen molar-refractivity contribution in [1.82, 2.24) is 10.3 Å². The Kier molecular flexibility index (Phi) is 4.07. The molecule has 0 bridgehead atoms. The number of carbonyl (C=O) groups is 1. The van der Waals surface area contributed by atoms with Crippen molar-refractivity contribution < 1.29 is 14.3 Å². The molecule has 0 aliphatic carbocycles. The summed E-state index contributed by atoms with van der Waals surface area (Å²) in [7, 11) is 0. The number of aromatic nitrogens is 1. The van der Waals surface area contributed by atoms with E-state index in [1.807, 2.05) is 24.3 Å². The number of amides is 1. The lowest BCUT2D eigenvalue weighted by atomic mass is 9.85. The molecule has 2 atom stereocenters. The minimum absolute atomic E-state index is 0.0529. The zero-order valence-electron chi connectivity index (χ0n) is 15.3. The summed E-state index contributed by atoms with van der Waals surface area (Å²) in [6.45, 7) is 6.95. The van der Waals surface area contributed by atoms with Crippen LogP contribution in [0.3, 0.4) is 0 Å². The van der Waals surface area contributed by atoms with Crippen LogP contribution in [0.15, 0.2) is 30.5 Å². The average Bonchev–Trinajstić information content (AvgIpc) is 2.58. The molecule has 0 spiro atoms. The fourth-order valence-electron chi connectivity index (χ4n) is 3.81. The normalized spacial score (nSPS) is 23.1. The SMILES string of the molecule is CC(=O)Nc1cc2c(cn1)OCc1cc(OCC3(C)CC(C)N3)ccc1-2. The van der Waals surface area contributed by atoms with Crippen molar-refractivity contribution in [1.29, 1.82) is 0 Å². The molecule has 1 amide bonds. The molecular weight excluding hydrogens is 330 g/mol. The summed E-state index contributed by atoms with van der Waals surface area (Å²) in [5.41, 5.74) is 3.12. The van der Waals surface area contributed by atoms with Crippen LogP contribution in [0.25, 0.3) is 11.1 Å². The first-order valence-corrected chi connectivity index (χ1v) is 8.86. The molecule has 1 aromatic carbocycles. The molecular formula is C20H23N3O3. The van der Waals surface area contributed by atoms with Crippen LogP contribution in [0, 0.1) is 0 Å². The number of nitrogens with zero attached hydrogens (tertiary/aromatic N) is 1. The van der Waals surface area contributed by atoms with Gasteiger partial charge >= 0.3 is 0 Å². The van der Waals surface area contributed by atoms with Gasteiger partial charge in [-0.3, -0.25) is 4.79 Å². The quantitative estimate of drug-likeness (QED) is 0.884. The minimum atomic E-state index is -0.148. The molecule has 26 heavy (non-hydrogen) atoms. The summed E-state index contributed by atoms with van der Waals surface area (Å²) in [5, 5.41) is 6.21. The van der Waals surface area contributed by atoms with Crippen LogP contribution in [0.1, 0.15) is 32.8 Å². The topological polar surface area (TPSA) is 72.5 Å². The van der Waals surface area contributed by atoms with E-state index < -0.39 is 0 Å². The smallest absolute Gasteiger partial charge is 0.222 e. The monoisotopic (exact) mass is 353 g/mol. The predicted octanol–water partition coefficient (Wildman–Crippen LogP) is 3.12. The number of hydrogen-bond donors (Lipinski definition) is 2. The molecule has 2 N–H and O–H groups in total. The van der Waals surface area contributed by atoms with Crippen molar-refractivity contribution in [3.8, 4) is 22.6 Å². The first-order chi connectivity index (χ1) is 12.4. The molecule has 6 nitrogen and oxygen atoms in total. The standard InChI is InChI=1S/C20H23N3O3/c1-12-8-20(3,23-12)11-26-15-4-5-16-14(6-15)10-25-18-9-21-19(7-17(16)18)22-13(2)24/h4-7,9,12,23H,8,10-11H2,1-3H3,(H,21,22,24). The molecule has 136 valence electrons. The summed E-state index contributed by atoms with van der Waals surface area (Å²) >= 11 is 0. The van der Waals surface area contributed by atoms with E-state index in [2.05, 4.69) is 29.5 Å². The van der Waals surface area contributed by atoms with Crippen LogP contribution in [0.2, 0.25) is 0 Å². The van der Waals surface area contributed by atoms with E-state index in [9.17, 15) is 4.79 Å². The van der Waals surface area contributed by atoms with E-state index in [0.29, 0.717) is 25.1 Å². The van der Waals surface area contributed by atoms with Crippen LogP contribution in [0.5, 0.6) is 11.5 Å². The maximum atomic E-state index is 11.3. The number of hydrogen-bond acceptors (Lipinski definition) is 5. The van der Waals surface area contributed by atoms with Gasteiger partial charge < -0.3 is 20.1 Å². The van der Waals surface area contributed by atoms with Crippen molar-refractivity contribution in [3.63, 3.8) is 0 Å². The second-order valence-electron chi connectivity index (χ2n) is 7.45. The van der Waals surface area contributed by atoms with Crippen LogP contribution in [-0.4, -0.2) is 29.1 Å². The van der Waals surface area contributed by atoms with Gasteiger partial charge in [0.2, 0.25) is 5.91 Å². The third kappa shape index (κ3) is 3.24. The fourth-order valence-corrected chi connectivity index (χ4v) is 3.81. The van der Waals surface area contributed by atoms with Gasteiger partial charge in [-0.05, 0) is 44.0 Å². The van der Waals surface area contributed by atoms with Gasteiger partial charge in [-0.1, -0.05) is 6.07 Å². The maximum absolute atomic E-state index is 11.3. The molecule has 3 heterocycles. The van der Waals surface area contributed by atoms with Crippen molar-refractivity contribution in [3.05, 3.63) is 36.0 Å². The number of anilines is 1. The fraction of sp³-hybridized carbons (Fsp3) is 0.400. The molecule has 1 saturated heterocycles. The molecule has 6 heteroatoms. The Labute approximate surface area is 152 Å². The number of pyridine rings is 1. The number of nitrogens with one attached hydrogen (secondary N) is 2. The lowest BCUT2D eigenvalue weighted by molar-refractivity contribution is -0.114. The first kappa shape index (κ1) is 16.8. The highest BCUT2D eigenvalue weighted by Crippen LogP contribution is 2.39. The zero-order chi connectivity index (χ0) is 18.3. The van der Waals surface area contributed by atoms with Crippen molar-refractivity contribution in [2.75, 3.05) is 11.9 Å². The highest BCUT2D eigenvalue weighted by atomic mass is 16.5. The average molecular weight is 353 g/mol. The van der Waals surface area contributed by atoms with Gasteiger partial charge in [0.15, 0.2) is 0 Å². The Hall–Kier alpha value is -2.60. The summed E-state index contributed by atoms with van der Waals surface area (Å²) in [4.78, 5) is 15.5. The summed E-state index contributed by atoms with van der Waals surface area (Å²) in [6.07, 6.45) is 2.77. The Morgan fingerprint density at radius 2 is 2.23 bits per heavy atom. The lowest BCUT2D eigenvalue weighted by Gasteiger charge is -2.45. The third-order valence-electron chi connectivity index (χ3n) is 4.83. The number of carbonyl (C=O) groups excluding carboxylic acids is 1. The summed E-state index contributed by atoms with van der Waals surface area (Å²) in [5.74, 6) is 1.94. The molecule has 4 rings (SSSR count). The van der Waals surface area contributed by atoms with Gasteiger partial charge in [0.05, 0.1) is 11.7 Å². The number of benzene rings is 1. The predicted molar refractivity (Wildman–Crippen MR) is 99.4 cm³/mol. The van der Waals surface area contributed by atoms with Crippen LogP contribution in [-0.2, 0) is 11.4 Å². The highest BCUT2D eigenvalue weighted by Gasteiger charge is 2.37. The van der Waals surface area contributed by atoms with E-state index in [1.165, 1.54) is 6.92 Å². The molecule has 0 saturated carbocycles. The molecule has 2 aliphatic heterocycles. The van der Waals surface area contributed by atoms with E-state index >= 15 is 0 Å². The van der Waals surface area contributed by atoms with E-state index in [0.717, 1.165) is 34.6 Å². The molecule has 2 unspecified atom stereocenters. The van der Waals surface area contributed by atoms with E-state index in [1.54, 1.807) is 6.20 Å². The molecule has 2 aromatic rings. The molecule has 0 radical (unpaired) electrons. The Morgan fingerprint density at radius 3 is 2.96 bits per heavy atom. The van der Waals surface area contributed by atoms with E-state index in [4.69, 9.17) is 9.47 Å². The van der Waals surface area contributed by atoms with Gasteiger partial charge in [0.1, 0.15) is 30.5 Å². The molecule has 1 fully saturated rings. The Bertz CT molecular complexity index is 859. The maximum Gasteiger partial charge on any atom is 0.222 e. The molecule has 2 aliphatic rings.